The van der Waals surface area contributed by atoms with E-state index in [0.29, 0.717) is 42.5 Å². The van der Waals surface area contributed by atoms with Crippen LogP contribution in [0.5, 0.6) is 0 Å². The summed E-state index contributed by atoms with van der Waals surface area (Å²) < 4.78 is 5.30. The largest absolute Gasteiger partial charge is 0.354 e. The van der Waals surface area contributed by atoms with Crippen LogP contribution in [0.4, 0.5) is 0 Å². The zero-order valence-corrected chi connectivity index (χ0v) is 19.0. The predicted octanol–water partition coefficient (Wildman–Crippen LogP) is 4.69. The monoisotopic (exact) mass is 440 g/mol. The fourth-order valence-electron chi connectivity index (χ4n) is 3.35. The predicted molar refractivity (Wildman–Crippen MR) is 123 cm³/mol. The molecule has 0 aliphatic heterocycles. The number of benzene rings is 2. The molecule has 164 valence electrons. The normalized spacial score (nSPS) is 12.2. The Labute approximate surface area is 188 Å². The van der Waals surface area contributed by atoms with Crippen molar-refractivity contribution in [3.8, 4) is 11.4 Å². The molecule has 0 saturated heterocycles. The van der Waals surface area contributed by atoms with Crippen molar-refractivity contribution < 1.29 is 9.32 Å². The van der Waals surface area contributed by atoms with Crippen molar-refractivity contribution in [1.29, 1.82) is 0 Å². The van der Waals surface area contributed by atoms with Gasteiger partial charge in [0.15, 0.2) is 0 Å². The van der Waals surface area contributed by atoms with Gasteiger partial charge in [-0.05, 0) is 62.3 Å². The molecule has 0 radical (unpaired) electrons. The topological polar surface area (TPSA) is 71.3 Å². The van der Waals surface area contributed by atoms with Gasteiger partial charge in [0, 0.05) is 30.0 Å². The molecular weight excluding hydrogens is 412 g/mol. The molecule has 1 N–H and O–H groups in total. The van der Waals surface area contributed by atoms with E-state index < -0.39 is 0 Å². The zero-order valence-electron chi connectivity index (χ0n) is 18.3. The van der Waals surface area contributed by atoms with Gasteiger partial charge in [-0.3, -0.25) is 4.79 Å². The lowest BCUT2D eigenvalue weighted by atomic mass is 10.0. The van der Waals surface area contributed by atoms with Gasteiger partial charge < -0.3 is 14.7 Å². The van der Waals surface area contributed by atoms with Crippen LogP contribution in [-0.4, -0.2) is 41.6 Å². The van der Waals surface area contributed by atoms with Crippen molar-refractivity contribution in [2.75, 3.05) is 20.6 Å². The van der Waals surface area contributed by atoms with Crippen molar-refractivity contribution in [2.24, 2.45) is 0 Å². The standard InChI is InChI=1S/C24H29ClN4O2/c1-4-17-8-10-18(11-9-17)21(29(2)3)16-26-22(30)6-5-7-23-27-24(28-31-23)19-12-14-20(25)15-13-19/h8-15,21H,4-7,16H2,1-3H3,(H,26,30). The highest BCUT2D eigenvalue weighted by molar-refractivity contribution is 6.30. The van der Waals surface area contributed by atoms with E-state index in [4.69, 9.17) is 16.1 Å². The molecule has 1 amide bonds. The summed E-state index contributed by atoms with van der Waals surface area (Å²) in [6, 6.07) is 16.0. The third kappa shape index (κ3) is 6.64. The highest BCUT2D eigenvalue weighted by Gasteiger charge is 2.16. The third-order valence-electron chi connectivity index (χ3n) is 5.25. The smallest absolute Gasteiger partial charge is 0.226 e. The first-order chi connectivity index (χ1) is 15.0. The van der Waals surface area contributed by atoms with Gasteiger partial charge in [0.05, 0.1) is 6.04 Å². The number of nitrogens with one attached hydrogen (secondary N) is 1. The maximum atomic E-state index is 12.3. The number of carbonyl (C=O) groups excluding carboxylic acids is 1. The molecule has 2 aromatic carbocycles. The Balaban J connectivity index is 1.45. The van der Waals surface area contributed by atoms with Crippen LogP contribution >= 0.6 is 11.6 Å². The second-order valence-corrected chi connectivity index (χ2v) is 8.19. The average molecular weight is 441 g/mol. The van der Waals surface area contributed by atoms with Crippen LogP contribution in [0.25, 0.3) is 11.4 Å². The minimum Gasteiger partial charge on any atom is -0.354 e. The lowest BCUT2D eigenvalue weighted by Crippen LogP contribution is -2.34. The van der Waals surface area contributed by atoms with Crippen molar-refractivity contribution in [3.63, 3.8) is 0 Å². The molecule has 0 bridgehead atoms. The van der Waals surface area contributed by atoms with Gasteiger partial charge in [-0.2, -0.15) is 4.98 Å². The molecular formula is C24H29ClN4O2. The van der Waals surface area contributed by atoms with E-state index in [2.05, 4.69) is 51.5 Å². The molecule has 0 aliphatic rings. The molecule has 1 unspecified atom stereocenters. The molecule has 1 aromatic heterocycles. The van der Waals surface area contributed by atoms with Crippen LogP contribution < -0.4 is 5.32 Å². The van der Waals surface area contributed by atoms with E-state index in [1.165, 1.54) is 11.1 Å². The first-order valence-electron chi connectivity index (χ1n) is 10.6. The quantitative estimate of drug-likeness (QED) is 0.495. The Morgan fingerprint density at radius 2 is 1.84 bits per heavy atom. The maximum absolute atomic E-state index is 12.3. The van der Waals surface area contributed by atoms with Crippen molar-refractivity contribution in [1.82, 2.24) is 20.4 Å². The molecule has 6 nitrogen and oxygen atoms in total. The lowest BCUT2D eigenvalue weighted by molar-refractivity contribution is -0.121. The van der Waals surface area contributed by atoms with Gasteiger partial charge in [-0.25, -0.2) is 0 Å². The van der Waals surface area contributed by atoms with E-state index in [-0.39, 0.29) is 11.9 Å². The average Bonchev–Trinajstić information content (AvgIpc) is 3.23. The summed E-state index contributed by atoms with van der Waals surface area (Å²) in [5.41, 5.74) is 3.35. The Hall–Kier alpha value is -2.70. The minimum atomic E-state index is 0.0227. The van der Waals surface area contributed by atoms with Crippen LogP contribution in [0.1, 0.15) is 42.8 Å². The van der Waals surface area contributed by atoms with Crippen LogP contribution in [0, 0.1) is 0 Å². The molecule has 0 spiro atoms. The fourth-order valence-corrected chi connectivity index (χ4v) is 3.47. The SMILES string of the molecule is CCc1ccc(C(CNC(=O)CCCc2nc(-c3ccc(Cl)cc3)no2)N(C)C)cc1. The van der Waals surface area contributed by atoms with Gasteiger partial charge in [-0.15, -0.1) is 0 Å². The number of rotatable bonds is 10. The Morgan fingerprint density at radius 3 is 2.48 bits per heavy atom. The fraction of sp³-hybridized carbons (Fsp3) is 0.375. The molecule has 3 aromatic rings. The van der Waals surface area contributed by atoms with Crippen molar-refractivity contribution >= 4 is 17.5 Å². The number of aromatic nitrogens is 2. The minimum absolute atomic E-state index is 0.0227. The summed E-state index contributed by atoms with van der Waals surface area (Å²) in [4.78, 5) is 18.9. The number of likely N-dealkylation sites (N-methyl/N-ethyl adjacent to an activating group) is 1. The van der Waals surface area contributed by atoms with E-state index in [1.807, 2.05) is 26.2 Å². The van der Waals surface area contributed by atoms with Crippen LogP contribution in [0.15, 0.2) is 53.1 Å². The third-order valence-corrected chi connectivity index (χ3v) is 5.51. The molecule has 7 heteroatoms. The van der Waals surface area contributed by atoms with Crippen LogP contribution in [-0.2, 0) is 17.6 Å². The van der Waals surface area contributed by atoms with Gasteiger partial charge in [0.25, 0.3) is 0 Å². The van der Waals surface area contributed by atoms with E-state index >= 15 is 0 Å². The van der Waals surface area contributed by atoms with E-state index in [1.54, 1.807) is 12.1 Å². The number of hydrogen-bond donors (Lipinski definition) is 1. The molecule has 0 saturated carbocycles. The Bertz CT molecular complexity index is 968. The molecule has 0 aliphatic carbocycles. The number of carbonyl (C=O) groups is 1. The summed E-state index contributed by atoms with van der Waals surface area (Å²) in [5, 5.41) is 7.72. The maximum Gasteiger partial charge on any atom is 0.226 e. The summed E-state index contributed by atoms with van der Waals surface area (Å²) in [6.45, 7) is 2.71. The first kappa shape index (κ1) is 23.0. The Kier molecular flexibility index (Phi) is 8.20. The number of amides is 1. The molecule has 3 rings (SSSR count). The first-order valence-corrected chi connectivity index (χ1v) is 10.9. The van der Waals surface area contributed by atoms with Gasteiger partial charge >= 0.3 is 0 Å². The Morgan fingerprint density at radius 1 is 1.13 bits per heavy atom. The van der Waals surface area contributed by atoms with E-state index in [0.717, 1.165) is 12.0 Å². The highest BCUT2D eigenvalue weighted by atomic mass is 35.5. The van der Waals surface area contributed by atoms with Gasteiger partial charge in [0.1, 0.15) is 0 Å². The second kappa shape index (κ2) is 11.1. The summed E-state index contributed by atoms with van der Waals surface area (Å²) in [5.74, 6) is 1.08. The zero-order chi connectivity index (χ0) is 22.2. The second-order valence-electron chi connectivity index (χ2n) is 7.75. The summed E-state index contributed by atoms with van der Waals surface area (Å²) in [6.07, 6.45) is 2.63. The van der Waals surface area contributed by atoms with Gasteiger partial charge in [0.2, 0.25) is 17.6 Å². The molecule has 1 atom stereocenters. The van der Waals surface area contributed by atoms with Crippen LogP contribution in [0.3, 0.4) is 0 Å². The summed E-state index contributed by atoms with van der Waals surface area (Å²) >= 11 is 5.91. The molecule has 31 heavy (non-hydrogen) atoms. The molecule has 0 fully saturated rings. The lowest BCUT2D eigenvalue weighted by Gasteiger charge is -2.25. The highest BCUT2D eigenvalue weighted by Crippen LogP contribution is 2.20. The van der Waals surface area contributed by atoms with Crippen molar-refractivity contribution in [3.05, 3.63) is 70.6 Å². The number of aryl methyl sites for hydroxylation is 2. The van der Waals surface area contributed by atoms with E-state index in [9.17, 15) is 4.79 Å². The van der Waals surface area contributed by atoms with Crippen LogP contribution in [0.2, 0.25) is 5.02 Å². The molecule has 1 heterocycles. The number of hydrogen-bond acceptors (Lipinski definition) is 5. The number of halogens is 1. The number of nitrogens with zero attached hydrogens (tertiary/aromatic N) is 3. The summed E-state index contributed by atoms with van der Waals surface area (Å²) in [7, 11) is 4.05. The van der Waals surface area contributed by atoms with Crippen molar-refractivity contribution in [2.45, 2.75) is 38.6 Å². The van der Waals surface area contributed by atoms with Gasteiger partial charge in [-0.1, -0.05) is 47.9 Å².